The third-order valence-corrected chi connectivity index (χ3v) is 7.04. The zero-order valence-electron chi connectivity index (χ0n) is 9.72. The van der Waals surface area contributed by atoms with Crippen LogP contribution in [0.1, 0.15) is 41.0 Å². The van der Waals surface area contributed by atoms with Crippen LogP contribution in [0.3, 0.4) is 0 Å². The lowest BCUT2D eigenvalue weighted by Gasteiger charge is -2.41. The monoisotopic (exact) mass is 216 g/mol. The van der Waals surface area contributed by atoms with Crippen LogP contribution in [0.4, 0.5) is 0 Å². The van der Waals surface area contributed by atoms with Crippen molar-refractivity contribution < 1.29 is 13.3 Å². The Kier molecular flexibility index (Phi) is 2.13. The van der Waals surface area contributed by atoms with Crippen LogP contribution in [-0.2, 0) is 13.3 Å². The van der Waals surface area contributed by atoms with Crippen LogP contribution in [0, 0.1) is 0 Å². The van der Waals surface area contributed by atoms with Gasteiger partial charge < -0.3 is 13.3 Å². The fourth-order valence-corrected chi connectivity index (χ4v) is 6.30. The molecule has 2 fully saturated rings. The van der Waals surface area contributed by atoms with Crippen LogP contribution in [-0.4, -0.2) is 26.1 Å². The minimum Gasteiger partial charge on any atom is -0.368 e. The molecule has 0 aromatic rings. The molecular formula is C10H20O3Si. The minimum absolute atomic E-state index is 0.157. The van der Waals surface area contributed by atoms with Gasteiger partial charge in [-0.1, -0.05) is 13.3 Å². The van der Waals surface area contributed by atoms with Crippen molar-refractivity contribution in [3.8, 4) is 0 Å². The molecule has 0 aliphatic carbocycles. The Morgan fingerprint density at radius 1 is 1.21 bits per heavy atom. The molecule has 0 spiro atoms. The van der Waals surface area contributed by atoms with E-state index in [-0.39, 0.29) is 17.3 Å². The maximum Gasteiger partial charge on any atom is 0.502 e. The molecule has 3 nitrogen and oxygen atoms in total. The zero-order valence-corrected chi connectivity index (χ0v) is 10.7. The standard InChI is InChI=1S/C10H20O3Si/c1-6-7-14-11-8(2)10(5,13-14)9(3,4)12-14/h8H,6-7H2,1-5H3/t8-,10+,14?/m0/s1. The van der Waals surface area contributed by atoms with E-state index in [1.54, 1.807) is 0 Å². The summed E-state index contributed by atoms with van der Waals surface area (Å²) in [6, 6.07) is 0.941. The summed E-state index contributed by atoms with van der Waals surface area (Å²) in [5.41, 5.74) is -0.458. The van der Waals surface area contributed by atoms with Crippen molar-refractivity contribution >= 4 is 8.80 Å². The van der Waals surface area contributed by atoms with Gasteiger partial charge in [-0.3, -0.25) is 0 Å². The van der Waals surface area contributed by atoms with E-state index in [4.69, 9.17) is 13.3 Å². The van der Waals surface area contributed by atoms with Crippen LogP contribution >= 0.6 is 0 Å². The van der Waals surface area contributed by atoms with Gasteiger partial charge in [-0.15, -0.1) is 0 Å². The molecule has 3 atom stereocenters. The van der Waals surface area contributed by atoms with E-state index in [1.165, 1.54) is 0 Å². The van der Waals surface area contributed by atoms with Gasteiger partial charge in [0.05, 0.1) is 11.7 Å². The molecule has 2 heterocycles. The molecule has 0 saturated carbocycles. The Bertz CT molecular complexity index is 256. The van der Waals surface area contributed by atoms with Crippen LogP contribution in [0.2, 0.25) is 6.04 Å². The van der Waals surface area contributed by atoms with Crippen LogP contribution in [0.25, 0.3) is 0 Å². The lowest BCUT2D eigenvalue weighted by Crippen LogP contribution is -2.55. The average Bonchev–Trinajstić information content (AvgIpc) is 2.33. The van der Waals surface area contributed by atoms with E-state index < -0.39 is 8.80 Å². The second kappa shape index (κ2) is 2.81. The highest BCUT2D eigenvalue weighted by Crippen LogP contribution is 2.52. The van der Waals surface area contributed by atoms with Gasteiger partial charge in [0, 0.05) is 6.04 Å². The summed E-state index contributed by atoms with van der Waals surface area (Å²) >= 11 is 0. The average molecular weight is 216 g/mol. The van der Waals surface area contributed by atoms with Crippen LogP contribution in [0.15, 0.2) is 0 Å². The molecule has 0 aromatic carbocycles. The molecule has 0 radical (unpaired) electrons. The summed E-state index contributed by atoms with van der Waals surface area (Å²) in [4.78, 5) is 0. The van der Waals surface area contributed by atoms with Gasteiger partial charge in [0.25, 0.3) is 0 Å². The molecular weight excluding hydrogens is 196 g/mol. The summed E-state index contributed by atoms with van der Waals surface area (Å²) in [6.45, 7) is 10.6. The van der Waals surface area contributed by atoms with E-state index in [0.717, 1.165) is 12.5 Å². The van der Waals surface area contributed by atoms with E-state index in [0.29, 0.717) is 0 Å². The van der Waals surface area contributed by atoms with Gasteiger partial charge in [0.2, 0.25) is 0 Å². The molecule has 0 aromatic heterocycles. The van der Waals surface area contributed by atoms with Crippen molar-refractivity contribution in [2.24, 2.45) is 0 Å². The maximum atomic E-state index is 6.11. The Hall–Kier alpha value is 0.0969. The Morgan fingerprint density at radius 3 is 2.29 bits per heavy atom. The first kappa shape index (κ1) is 10.6. The smallest absolute Gasteiger partial charge is 0.368 e. The first-order valence-electron chi connectivity index (χ1n) is 5.43. The van der Waals surface area contributed by atoms with E-state index in [2.05, 4.69) is 34.6 Å². The molecule has 1 unspecified atom stereocenters. The summed E-state index contributed by atoms with van der Waals surface area (Å²) in [6.07, 6.45) is 1.22. The lowest BCUT2D eigenvalue weighted by molar-refractivity contribution is -0.0828. The Balaban J connectivity index is 2.30. The van der Waals surface area contributed by atoms with Crippen molar-refractivity contribution in [2.75, 3.05) is 0 Å². The summed E-state index contributed by atoms with van der Waals surface area (Å²) in [5.74, 6) is 0. The molecule has 0 amide bonds. The van der Waals surface area contributed by atoms with E-state index >= 15 is 0 Å². The molecule has 4 heteroatoms. The number of hydrogen-bond acceptors (Lipinski definition) is 3. The fourth-order valence-electron chi connectivity index (χ4n) is 2.43. The highest BCUT2D eigenvalue weighted by Gasteiger charge is 2.71. The second-order valence-electron chi connectivity index (χ2n) is 5.01. The first-order valence-corrected chi connectivity index (χ1v) is 7.36. The van der Waals surface area contributed by atoms with Gasteiger partial charge in [-0.05, 0) is 27.7 Å². The first-order chi connectivity index (χ1) is 6.35. The molecule has 14 heavy (non-hydrogen) atoms. The Labute approximate surface area is 87.1 Å². The highest BCUT2D eigenvalue weighted by molar-refractivity contribution is 6.62. The Morgan fingerprint density at radius 2 is 1.86 bits per heavy atom. The summed E-state index contributed by atoms with van der Waals surface area (Å²) < 4.78 is 18.1. The van der Waals surface area contributed by atoms with Gasteiger partial charge in [-0.2, -0.15) is 0 Å². The topological polar surface area (TPSA) is 27.7 Å². The summed E-state index contributed by atoms with van der Waals surface area (Å²) in [5, 5.41) is 0. The molecule has 2 bridgehead atoms. The molecule has 2 aliphatic heterocycles. The minimum atomic E-state index is -2.30. The van der Waals surface area contributed by atoms with Crippen molar-refractivity contribution in [1.82, 2.24) is 0 Å². The molecule has 2 rings (SSSR count). The number of rotatable bonds is 2. The van der Waals surface area contributed by atoms with Crippen molar-refractivity contribution in [1.29, 1.82) is 0 Å². The molecule has 2 saturated heterocycles. The molecule has 0 N–H and O–H groups in total. The lowest BCUT2D eigenvalue weighted by atomic mass is 9.84. The summed E-state index contributed by atoms with van der Waals surface area (Å²) in [7, 11) is -2.30. The predicted molar refractivity (Wildman–Crippen MR) is 56.1 cm³/mol. The van der Waals surface area contributed by atoms with Gasteiger partial charge in [0.15, 0.2) is 0 Å². The van der Waals surface area contributed by atoms with Gasteiger partial charge in [0.1, 0.15) is 5.60 Å². The van der Waals surface area contributed by atoms with Crippen LogP contribution in [0.5, 0.6) is 0 Å². The van der Waals surface area contributed by atoms with Crippen LogP contribution < -0.4 is 0 Å². The second-order valence-corrected chi connectivity index (χ2v) is 7.52. The predicted octanol–water partition coefficient (Wildman–Crippen LogP) is 2.34. The maximum absolute atomic E-state index is 6.11. The van der Waals surface area contributed by atoms with Gasteiger partial charge >= 0.3 is 8.80 Å². The molecule has 2 aliphatic rings. The van der Waals surface area contributed by atoms with Crippen molar-refractivity contribution in [2.45, 2.75) is 64.4 Å². The molecule has 82 valence electrons. The quantitative estimate of drug-likeness (QED) is 0.663. The fraction of sp³-hybridized carbons (Fsp3) is 1.00. The third kappa shape index (κ3) is 1.14. The zero-order chi connectivity index (χ0) is 10.6. The number of hydrogen-bond donors (Lipinski definition) is 0. The third-order valence-electron chi connectivity index (χ3n) is 3.66. The largest absolute Gasteiger partial charge is 0.502 e. The van der Waals surface area contributed by atoms with Crippen molar-refractivity contribution in [3.63, 3.8) is 0 Å². The van der Waals surface area contributed by atoms with E-state index in [1.807, 2.05) is 0 Å². The van der Waals surface area contributed by atoms with E-state index in [9.17, 15) is 0 Å². The number of fused-ring (bicyclic) bond motifs is 2. The van der Waals surface area contributed by atoms with Crippen molar-refractivity contribution in [3.05, 3.63) is 0 Å². The highest BCUT2D eigenvalue weighted by atomic mass is 28.4. The van der Waals surface area contributed by atoms with Gasteiger partial charge in [-0.25, -0.2) is 0 Å². The normalized spacial score (nSPS) is 49.9. The SMILES string of the molecule is CCC[Si]12O[C@@H](C)[C@@](C)(O1)C(C)(C)O2.